The summed E-state index contributed by atoms with van der Waals surface area (Å²) >= 11 is 0. The highest BCUT2D eigenvalue weighted by atomic mass is 16.2. The Morgan fingerprint density at radius 1 is 0.600 bits per heavy atom. The Balaban J connectivity index is 1.74. The maximum Gasteiger partial charge on any atom is 0.0431 e. The maximum atomic E-state index is 8.96. The van der Waals surface area contributed by atoms with Crippen molar-refractivity contribution in [2.45, 2.75) is 65.2 Å². The zero-order valence-corrected chi connectivity index (χ0v) is 18.7. The molecule has 0 amide bonds. The predicted molar refractivity (Wildman–Crippen MR) is 130 cm³/mol. The molecule has 1 heteroatoms. The molecule has 30 heavy (non-hydrogen) atoms. The molecule has 0 aliphatic carbocycles. The molecule has 0 unspecified atom stereocenters. The molecule has 1 nitrogen and oxygen atoms in total. The molecule has 0 spiro atoms. The van der Waals surface area contributed by atoms with E-state index in [1.165, 1.54) is 64.6 Å². The van der Waals surface area contributed by atoms with Gasteiger partial charge in [-0.15, -0.1) is 0 Å². The fourth-order valence-corrected chi connectivity index (χ4v) is 4.08. The van der Waals surface area contributed by atoms with Crippen LogP contribution in [0.3, 0.4) is 0 Å². The van der Waals surface area contributed by atoms with Crippen molar-refractivity contribution >= 4 is 0 Å². The van der Waals surface area contributed by atoms with Crippen molar-refractivity contribution in [3.8, 4) is 22.3 Å². The van der Waals surface area contributed by atoms with Crippen LogP contribution in [0.25, 0.3) is 22.3 Å². The summed E-state index contributed by atoms with van der Waals surface area (Å²) in [6.07, 6.45) is 9.04. The van der Waals surface area contributed by atoms with Gasteiger partial charge in [-0.1, -0.05) is 93.4 Å². The van der Waals surface area contributed by atoms with Gasteiger partial charge in [0.1, 0.15) is 0 Å². The Bertz CT molecular complexity index is 891. The number of aliphatic hydroxyl groups excluding tert-OH is 1. The summed E-state index contributed by atoms with van der Waals surface area (Å²) in [4.78, 5) is 0. The van der Waals surface area contributed by atoms with E-state index in [1.807, 2.05) is 0 Å². The summed E-state index contributed by atoms with van der Waals surface area (Å²) in [7, 11) is 0. The molecule has 0 saturated carbocycles. The number of hydrogen-bond donors (Lipinski definition) is 1. The minimum absolute atomic E-state index is 0.284. The molecule has 0 atom stereocenters. The molecule has 1 N–H and O–H groups in total. The molecule has 3 aromatic carbocycles. The average Bonchev–Trinajstić information content (AvgIpc) is 2.80. The second-order valence-electron chi connectivity index (χ2n) is 8.26. The summed E-state index contributed by atoms with van der Waals surface area (Å²) in [5, 5.41) is 8.96. The second kappa shape index (κ2) is 11.7. The van der Waals surface area contributed by atoms with E-state index in [9.17, 15) is 0 Å². The quantitative estimate of drug-likeness (QED) is 0.328. The highest BCUT2D eigenvalue weighted by Crippen LogP contribution is 2.30. The summed E-state index contributed by atoms with van der Waals surface area (Å²) in [6, 6.07) is 25.0. The predicted octanol–water partition coefficient (Wildman–Crippen LogP) is 7.63. The van der Waals surface area contributed by atoms with Crippen LogP contribution in [-0.2, 0) is 19.3 Å². The lowest BCUT2D eigenvalue weighted by Crippen LogP contribution is -1.92. The van der Waals surface area contributed by atoms with E-state index in [1.54, 1.807) is 0 Å². The van der Waals surface area contributed by atoms with Crippen LogP contribution in [0.15, 0.2) is 66.7 Å². The van der Waals surface area contributed by atoms with Crippen molar-refractivity contribution < 1.29 is 5.11 Å². The fraction of sp³-hybridized carbons (Fsp3) is 0.379. The third kappa shape index (κ3) is 6.06. The van der Waals surface area contributed by atoms with Gasteiger partial charge in [0.05, 0.1) is 0 Å². The Hall–Kier alpha value is -2.38. The lowest BCUT2D eigenvalue weighted by molar-refractivity contribution is 0.284. The van der Waals surface area contributed by atoms with Gasteiger partial charge in [0, 0.05) is 6.61 Å². The van der Waals surface area contributed by atoms with Crippen LogP contribution in [0.4, 0.5) is 0 Å². The average molecular weight is 401 g/mol. The van der Waals surface area contributed by atoms with E-state index >= 15 is 0 Å². The van der Waals surface area contributed by atoms with E-state index in [0.29, 0.717) is 0 Å². The topological polar surface area (TPSA) is 20.2 Å². The molecular weight excluding hydrogens is 364 g/mol. The Morgan fingerprint density at radius 3 is 1.73 bits per heavy atom. The highest BCUT2D eigenvalue weighted by molar-refractivity contribution is 5.74. The monoisotopic (exact) mass is 400 g/mol. The summed E-state index contributed by atoms with van der Waals surface area (Å²) in [5.41, 5.74) is 9.41. The number of rotatable bonds is 11. The summed E-state index contributed by atoms with van der Waals surface area (Å²) in [5.74, 6) is 0. The summed E-state index contributed by atoms with van der Waals surface area (Å²) in [6.45, 7) is 4.78. The van der Waals surface area contributed by atoms with Crippen molar-refractivity contribution in [3.63, 3.8) is 0 Å². The van der Waals surface area contributed by atoms with Gasteiger partial charge in [-0.2, -0.15) is 0 Å². The van der Waals surface area contributed by atoms with Gasteiger partial charge in [-0.3, -0.25) is 0 Å². The maximum absolute atomic E-state index is 8.96. The Kier molecular flexibility index (Phi) is 8.71. The van der Waals surface area contributed by atoms with Crippen molar-refractivity contribution in [2.24, 2.45) is 0 Å². The van der Waals surface area contributed by atoms with Crippen LogP contribution >= 0.6 is 0 Å². The SMILES string of the molecule is CCCCCc1ccc(-c2ccc(-c3ccc(CCCCO)cc3)c(CC)c2)cc1. The van der Waals surface area contributed by atoms with Gasteiger partial charge in [0.15, 0.2) is 0 Å². The molecule has 0 bridgehead atoms. The number of unbranched alkanes of at least 4 members (excludes halogenated alkanes) is 3. The molecule has 0 radical (unpaired) electrons. The molecule has 0 heterocycles. The van der Waals surface area contributed by atoms with E-state index < -0.39 is 0 Å². The highest BCUT2D eigenvalue weighted by Gasteiger charge is 2.07. The van der Waals surface area contributed by atoms with Crippen molar-refractivity contribution in [1.29, 1.82) is 0 Å². The molecule has 158 valence electrons. The van der Waals surface area contributed by atoms with E-state index in [0.717, 1.165) is 25.7 Å². The fourth-order valence-electron chi connectivity index (χ4n) is 4.08. The molecule has 0 aliphatic heterocycles. The standard InChI is InChI=1S/C29H36O/c1-3-5-6-9-23-11-15-26(16-12-23)28-19-20-29(25(4-2)22-28)27-17-13-24(14-18-27)10-7-8-21-30/h11-20,22,30H,3-10,21H2,1-2H3. The third-order valence-corrected chi connectivity index (χ3v) is 5.98. The molecule has 0 aromatic heterocycles. The largest absolute Gasteiger partial charge is 0.396 e. The van der Waals surface area contributed by atoms with Gasteiger partial charge in [-0.25, -0.2) is 0 Å². The first-order valence-corrected chi connectivity index (χ1v) is 11.7. The second-order valence-corrected chi connectivity index (χ2v) is 8.26. The van der Waals surface area contributed by atoms with Gasteiger partial charge in [0.2, 0.25) is 0 Å². The van der Waals surface area contributed by atoms with E-state index in [4.69, 9.17) is 5.11 Å². The first kappa shape index (κ1) is 22.3. The minimum atomic E-state index is 0.284. The van der Waals surface area contributed by atoms with Crippen LogP contribution in [0, 0.1) is 0 Å². The first-order chi connectivity index (χ1) is 14.7. The van der Waals surface area contributed by atoms with Gasteiger partial charge in [-0.05, 0) is 77.5 Å². The van der Waals surface area contributed by atoms with Crippen molar-refractivity contribution in [3.05, 3.63) is 83.4 Å². The Morgan fingerprint density at radius 2 is 1.17 bits per heavy atom. The molecule has 3 aromatic rings. The number of aliphatic hydroxyl groups is 1. The van der Waals surface area contributed by atoms with Gasteiger partial charge in [0.25, 0.3) is 0 Å². The normalized spacial score (nSPS) is 11.0. The minimum Gasteiger partial charge on any atom is -0.396 e. The van der Waals surface area contributed by atoms with Crippen LogP contribution in [-0.4, -0.2) is 11.7 Å². The van der Waals surface area contributed by atoms with E-state index in [2.05, 4.69) is 80.6 Å². The van der Waals surface area contributed by atoms with Crippen molar-refractivity contribution in [1.82, 2.24) is 0 Å². The zero-order chi connectivity index (χ0) is 21.2. The number of hydrogen-bond acceptors (Lipinski definition) is 1. The third-order valence-electron chi connectivity index (χ3n) is 5.98. The van der Waals surface area contributed by atoms with Crippen LogP contribution in [0.5, 0.6) is 0 Å². The number of benzene rings is 3. The molecule has 3 rings (SSSR count). The lowest BCUT2D eigenvalue weighted by Gasteiger charge is -2.12. The van der Waals surface area contributed by atoms with Crippen LogP contribution < -0.4 is 0 Å². The van der Waals surface area contributed by atoms with Gasteiger partial charge < -0.3 is 5.11 Å². The number of aryl methyl sites for hydroxylation is 3. The first-order valence-electron chi connectivity index (χ1n) is 11.7. The summed E-state index contributed by atoms with van der Waals surface area (Å²) < 4.78 is 0. The zero-order valence-electron chi connectivity index (χ0n) is 18.7. The molecule has 0 saturated heterocycles. The molecule has 0 aliphatic rings. The van der Waals surface area contributed by atoms with Crippen molar-refractivity contribution in [2.75, 3.05) is 6.61 Å². The lowest BCUT2D eigenvalue weighted by atomic mass is 9.92. The van der Waals surface area contributed by atoms with E-state index in [-0.39, 0.29) is 6.61 Å². The van der Waals surface area contributed by atoms with Crippen LogP contribution in [0.1, 0.15) is 62.6 Å². The van der Waals surface area contributed by atoms with Crippen LogP contribution in [0.2, 0.25) is 0 Å². The molecule has 0 fully saturated rings. The Labute approximate surface area is 182 Å². The molecular formula is C29H36O. The van der Waals surface area contributed by atoms with Gasteiger partial charge >= 0.3 is 0 Å². The smallest absolute Gasteiger partial charge is 0.0431 e.